The Bertz CT molecular complexity index is 625. The molecule has 2 aliphatic rings. The van der Waals surface area contributed by atoms with Gasteiger partial charge in [0, 0.05) is 44.4 Å². The number of aromatic nitrogens is 2. The van der Waals surface area contributed by atoms with Crippen LogP contribution in [0, 0.1) is 0 Å². The van der Waals surface area contributed by atoms with Crippen molar-refractivity contribution in [2.24, 2.45) is 5.73 Å². The first-order valence-corrected chi connectivity index (χ1v) is 8.67. The highest BCUT2D eigenvalue weighted by atomic mass is 16.5. The van der Waals surface area contributed by atoms with Crippen LogP contribution in [0.15, 0.2) is 12.4 Å². The van der Waals surface area contributed by atoms with Gasteiger partial charge < -0.3 is 20.1 Å². The number of piperidine rings is 1. The standard InChI is InChI=1S/C17H24N4O4/c1-11(22)24-10-15(23)21-6-2-12(3-7-21)16-17(20-5-4-19-16)25-14-8-13(18)9-14/h4-5,12-14H,2-3,6-10,18H2,1H3. The fourth-order valence-corrected chi connectivity index (χ4v) is 3.22. The average Bonchev–Trinajstić information content (AvgIpc) is 2.59. The van der Waals surface area contributed by atoms with Crippen molar-refractivity contribution < 1.29 is 19.1 Å². The predicted molar refractivity (Wildman–Crippen MR) is 88.8 cm³/mol. The number of hydrogen-bond donors (Lipinski definition) is 1. The van der Waals surface area contributed by atoms with Gasteiger partial charge in [-0.25, -0.2) is 4.98 Å². The molecule has 1 saturated heterocycles. The quantitative estimate of drug-likeness (QED) is 0.777. The lowest BCUT2D eigenvalue weighted by Crippen LogP contribution is -2.43. The Morgan fingerprint density at radius 1 is 1.24 bits per heavy atom. The third-order valence-electron chi connectivity index (χ3n) is 4.73. The number of likely N-dealkylation sites (tertiary alicyclic amines) is 1. The second-order valence-electron chi connectivity index (χ2n) is 6.65. The van der Waals surface area contributed by atoms with Crippen LogP contribution in [0.4, 0.5) is 0 Å². The summed E-state index contributed by atoms with van der Waals surface area (Å²) < 4.78 is 10.7. The lowest BCUT2D eigenvalue weighted by molar-refractivity contribution is -0.150. The Morgan fingerprint density at radius 2 is 1.92 bits per heavy atom. The lowest BCUT2D eigenvalue weighted by atomic mass is 9.90. The summed E-state index contributed by atoms with van der Waals surface area (Å²) in [5, 5.41) is 0. The molecule has 0 bridgehead atoms. The number of hydrogen-bond acceptors (Lipinski definition) is 7. The molecule has 1 amide bonds. The first kappa shape index (κ1) is 17.6. The van der Waals surface area contributed by atoms with Gasteiger partial charge in [0.25, 0.3) is 5.91 Å². The van der Waals surface area contributed by atoms with E-state index in [9.17, 15) is 9.59 Å². The van der Waals surface area contributed by atoms with Gasteiger partial charge in [0.2, 0.25) is 5.88 Å². The minimum absolute atomic E-state index is 0.121. The minimum atomic E-state index is -0.444. The highest BCUT2D eigenvalue weighted by Gasteiger charge is 2.31. The summed E-state index contributed by atoms with van der Waals surface area (Å²) in [4.78, 5) is 33.4. The smallest absolute Gasteiger partial charge is 0.303 e. The van der Waals surface area contributed by atoms with Crippen LogP contribution in [0.3, 0.4) is 0 Å². The molecule has 2 heterocycles. The van der Waals surface area contributed by atoms with Crippen LogP contribution >= 0.6 is 0 Å². The molecule has 0 unspecified atom stereocenters. The van der Waals surface area contributed by atoms with Crippen molar-refractivity contribution in [2.75, 3.05) is 19.7 Å². The molecule has 1 saturated carbocycles. The molecule has 2 fully saturated rings. The molecule has 3 rings (SSSR count). The topological polar surface area (TPSA) is 108 Å². The Kier molecular flexibility index (Phi) is 5.47. The Balaban J connectivity index is 1.56. The van der Waals surface area contributed by atoms with Gasteiger partial charge in [0.05, 0.1) is 0 Å². The zero-order chi connectivity index (χ0) is 17.8. The first-order chi connectivity index (χ1) is 12.0. The molecular formula is C17H24N4O4. The third kappa shape index (κ3) is 4.45. The van der Waals surface area contributed by atoms with Crippen LogP contribution < -0.4 is 10.5 Å². The number of carbonyl (C=O) groups is 2. The normalized spacial score (nSPS) is 23.7. The lowest BCUT2D eigenvalue weighted by Gasteiger charge is -2.34. The van der Waals surface area contributed by atoms with E-state index in [0.717, 1.165) is 31.4 Å². The van der Waals surface area contributed by atoms with Gasteiger partial charge >= 0.3 is 5.97 Å². The molecule has 8 nitrogen and oxygen atoms in total. The van der Waals surface area contributed by atoms with Crippen LogP contribution in [0.2, 0.25) is 0 Å². The molecule has 25 heavy (non-hydrogen) atoms. The predicted octanol–water partition coefficient (Wildman–Crippen LogP) is 0.614. The van der Waals surface area contributed by atoms with E-state index in [0.29, 0.717) is 19.0 Å². The molecule has 0 atom stereocenters. The van der Waals surface area contributed by atoms with E-state index in [2.05, 4.69) is 9.97 Å². The molecule has 8 heteroatoms. The molecule has 1 aliphatic carbocycles. The number of ether oxygens (including phenoxy) is 2. The van der Waals surface area contributed by atoms with Gasteiger partial charge in [-0.05, 0) is 25.7 Å². The molecule has 2 N–H and O–H groups in total. The van der Waals surface area contributed by atoms with E-state index in [1.165, 1.54) is 6.92 Å². The van der Waals surface area contributed by atoms with E-state index in [4.69, 9.17) is 15.2 Å². The molecule has 136 valence electrons. The molecule has 1 aliphatic heterocycles. The van der Waals surface area contributed by atoms with Crippen molar-refractivity contribution in [1.82, 2.24) is 14.9 Å². The zero-order valence-corrected chi connectivity index (χ0v) is 14.4. The zero-order valence-electron chi connectivity index (χ0n) is 14.4. The molecule has 1 aromatic heterocycles. The van der Waals surface area contributed by atoms with Crippen LogP contribution in [0.5, 0.6) is 5.88 Å². The third-order valence-corrected chi connectivity index (χ3v) is 4.73. The van der Waals surface area contributed by atoms with Gasteiger partial charge in [-0.15, -0.1) is 0 Å². The number of esters is 1. The average molecular weight is 348 g/mol. The van der Waals surface area contributed by atoms with E-state index in [1.54, 1.807) is 17.3 Å². The Labute approximate surface area is 146 Å². The number of carbonyl (C=O) groups excluding carboxylic acids is 2. The largest absolute Gasteiger partial charge is 0.473 e. The second kappa shape index (κ2) is 7.77. The monoisotopic (exact) mass is 348 g/mol. The summed E-state index contributed by atoms with van der Waals surface area (Å²) in [5.41, 5.74) is 6.66. The fraction of sp³-hybridized carbons (Fsp3) is 0.647. The summed E-state index contributed by atoms with van der Waals surface area (Å²) >= 11 is 0. The maximum atomic E-state index is 12.0. The maximum absolute atomic E-state index is 12.0. The van der Waals surface area contributed by atoms with E-state index in [-0.39, 0.29) is 30.6 Å². The van der Waals surface area contributed by atoms with Gasteiger partial charge in [-0.3, -0.25) is 14.6 Å². The number of amides is 1. The second-order valence-corrected chi connectivity index (χ2v) is 6.65. The summed E-state index contributed by atoms with van der Waals surface area (Å²) in [6.45, 7) is 2.32. The van der Waals surface area contributed by atoms with Crippen molar-refractivity contribution in [3.63, 3.8) is 0 Å². The van der Waals surface area contributed by atoms with Crippen molar-refractivity contribution in [3.05, 3.63) is 18.1 Å². The van der Waals surface area contributed by atoms with Crippen LogP contribution in [0.25, 0.3) is 0 Å². The molecule has 1 aromatic rings. The van der Waals surface area contributed by atoms with Gasteiger partial charge in [0.15, 0.2) is 6.61 Å². The van der Waals surface area contributed by atoms with Crippen LogP contribution in [-0.2, 0) is 14.3 Å². The fourth-order valence-electron chi connectivity index (χ4n) is 3.22. The van der Waals surface area contributed by atoms with Gasteiger partial charge in [-0.2, -0.15) is 0 Å². The minimum Gasteiger partial charge on any atom is -0.473 e. The molecule has 0 radical (unpaired) electrons. The van der Waals surface area contributed by atoms with Crippen molar-refractivity contribution in [1.29, 1.82) is 0 Å². The summed E-state index contributed by atoms with van der Waals surface area (Å²) in [7, 11) is 0. The highest BCUT2D eigenvalue weighted by molar-refractivity contribution is 5.80. The Hall–Kier alpha value is -2.22. The molecule has 0 aromatic carbocycles. The van der Waals surface area contributed by atoms with Crippen molar-refractivity contribution >= 4 is 11.9 Å². The summed E-state index contributed by atoms with van der Waals surface area (Å²) in [6, 6.07) is 0.219. The van der Waals surface area contributed by atoms with Crippen LogP contribution in [-0.4, -0.2) is 58.6 Å². The maximum Gasteiger partial charge on any atom is 0.303 e. The molecular weight excluding hydrogens is 324 g/mol. The van der Waals surface area contributed by atoms with E-state index >= 15 is 0 Å². The molecule has 0 spiro atoms. The van der Waals surface area contributed by atoms with Gasteiger partial charge in [-0.1, -0.05) is 0 Å². The summed E-state index contributed by atoms with van der Waals surface area (Å²) in [6.07, 6.45) is 6.69. The van der Waals surface area contributed by atoms with Crippen LogP contribution in [0.1, 0.15) is 44.2 Å². The number of nitrogens with zero attached hydrogens (tertiary/aromatic N) is 3. The van der Waals surface area contributed by atoms with E-state index in [1.807, 2.05) is 0 Å². The van der Waals surface area contributed by atoms with Crippen molar-refractivity contribution in [2.45, 2.75) is 50.7 Å². The SMILES string of the molecule is CC(=O)OCC(=O)N1CCC(c2nccnc2OC2CC(N)C2)CC1. The number of rotatable bonds is 5. The van der Waals surface area contributed by atoms with Gasteiger partial charge in [0.1, 0.15) is 11.8 Å². The summed E-state index contributed by atoms with van der Waals surface area (Å²) in [5.74, 6) is 0.187. The first-order valence-electron chi connectivity index (χ1n) is 8.67. The van der Waals surface area contributed by atoms with E-state index < -0.39 is 5.97 Å². The van der Waals surface area contributed by atoms with Crippen molar-refractivity contribution in [3.8, 4) is 5.88 Å². The Morgan fingerprint density at radius 3 is 2.56 bits per heavy atom. The highest BCUT2D eigenvalue weighted by Crippen LogP contribution is 2.33. The number of nitrogens with two attached hydrogens (primary N) is 1.